The molecule has 0 amide bonds. The van der Waals surface area contributed by atoms with Crippen molar-refractivity contribution in [2.24, 2.45) is 0 Å². The molecule has 3 nitrogen and oxygen atoms in total. The Kier molecular flexibility index (Phi) is 5.86. The van der Waals surface area contributed by atoms with Crippen LogP contribution >= 0.6 is 85.5 Å². The smallest absolute Gasteiger partial charge is 0.213 e. The number of aryl methyl sites for hydroxylation is 1. The van der Waals surface area contributed by atoms with Crippen LogP contribution in [0.1, 0.15) is 17.5 Å². The third-order valence-electron chi connectivity index (χ3n) is 1.51. The Balaban J connectivity index is 3.29. The Morgan fingerprint density at radius 2 is 1.24 bits per heavy atom. The maximum absolute atomic E-state index is 5.69. The zero-order chi connectivity index (χ0) is 13.3. The Morgan fingerprint density at radius 3 is 1.53 bits per heavy atom. The van der Waals surface area contributed by atoms with Gasteiger partial charge in [0.1, 0.15) is 5.82 Å². The summed E-state index contributed by atoms with van der Waals surface area (Å²) >= 11 is 37.4. The SMILES string of the molecule is ClC(Cl)(Cl)c1nc(CCBr)nc(C(Cl)(Cl)Cl)n1. The maximum Gasteiger partial charge on any atom is 0.250 e. The minimum atomic E-state index is -1.80. The van der Waals surface area contributed by atoms with Gasteiger partial charge in [-0.1, -0.05) is 85.5 Å². The summed E-state index contributed by atoms with van der Waals surface area (Å²) in [4.78, 5) is 11.8. The summed E-state index contributed by atoms with van der Waals surface area (Å²) in [6, 6.07) is 0. The molecule has 0 unspecified atom stereocenters. The molecule has 0 saturated carbocycles. The molecule has 0 aliphatic rings. The molecule has 1 rings (SSSR count). The molecular formula is C7H4BrCl6N3. The molecule has 0 aromatic carbocycles. The Labute approximate surface area is 136 Å². The molecule has 10 heteroatoms. The molecule has 0 bridgehead atoms. The van der Waals surface area contributed by atoms with Gasteiger partial charge in [-0.15, -0.1) is 0 Å². The van der Waals surface area contributed by atoms with E-state index in [1.807, 2.05) is 0 Å². The lowest BCUT2D eigenvalue weighted by atomic mass is 10.4. The second-order valence-electron chi connectivity index (χ2n) is 2.83. The van der Waals surface area contributed by atoms with Crippen LogP contribution in [0, 0.1) is 0 Å². The number of hydrogen-bond donors (Lipinski definition) is 0. The molecule has 17 heavy (non-hydrogen) atoms. The van der Waals surface area contributed by atoms with Crippen LogP contribution in [0.5, 0.6) is 0 Å². The summed E-state index contributed by atoms with van der Waals surface area (Å²) in [5.41, 5.74) is 0. The molecule has 0 aliphatic heterocycles. The van der Waals surface area contributed by atoms with E-state index in [9.17, 15) is 0 Å². The van der Waals surface area contributed by atoms with Gasteiger partial charge in [-0.05, 0) is 0 Å². The van der Waals surface area contributed by atoms with Crippen LogP contribution < -0.4 is 0 Å². The normalized spacial score (nSPS) is 12.9. The fourth-order valence-electron chi connectivity index (χ4n) is 0.870. The largest absolute Gasteiger partial charge is 0.250 e. The van der Waals surface area contributed by atoms with Crippen LogP contribution in [0.4, 0.5) is 0 Å². The highest BCUT2D eigenvalue weighted by Gasteiger charge is 2.33. The highest BCUT2D eigenvalue weighted by Crippen LogP contribution is 2.39. The average Bonchev–Trinajstić information content (AvgIpc) is 2.15. The van der Waals surface area contributed by atoms with E-state index in [-0.39, 0.29) is 11.6 Å². The van der Waals surface area contributed by atoms with Crippen LogP contribution in [-0.2, 0) is 14.0 Å². The second kappa shape index (κ2) is 6.12. The van der Waals surface area contributed by atoms with Crippen LogP contribution in [-0.4, -0.2) is 20.3 Å². The molecule has 0 aliphatic carbocycles. The van der Waals surface area contributed by atoms with E-state index in [1.165, 1.54) is 0 Å². The molecule has 0 radical (unpaired) electrons. The van der Waals surface area contributed by atoms with Gasteiger partial charge in [0.05, 0.1) is 0 Å². The fraction of sp³-hybridized carbons (Fsp3) is 0.571. The van der Waals surface area contributed by atoms with Crippen LogP contribution in [0.25, 0.3) is 0 Å². The first kappa shape index (κ1) is 16.3. The molecule has 1 heterocycles. The third-order valence-corrected chi connectivity index (χ3v) is 2.92. The first-order valence-corrected chi connectivity index (χ1v) is 7.49. The van der Waals surface area contributed by atoms with E-state index in [0.717, 1.165) is 0 Å². The standard InChI is InChI=1S/C7H4BrCl6N3/c8-2-1-3-15-4(6(9,10)11)17-5(16-3)7(12,13)14/h1-2H2. The van der Waals surface area contributed by atoms with Crippen molar-refractivity contribution >= 4 is 85.5 Å². The predicted octanol–water partition coefficient (Wildman–Crippen LogP) is 4.46. The van der Waals surface area contributed by atoms with Crippen molar-refractivity contribution < 1.29 is 0 Å². The van der Waals surface area contributed by atoms with Gasteiger partial charge in [-0.2, -0.15) is 0 Å². The Bertz CT molecular complexity index is 369. The van der Waals surface area contributed by atoms with Gasteiger partial charge in [-0.25, -0.2) is 15.0 Å². The molecule has 0 saturated heterocycles. The van der Waals surface area contributed by atoms with E-state index < -0.39 is 7.59 Å². The quantitative estimate of drug-likeness (QED) is 0.660. The second-order valence-corrected chi connectivity index (χ2v) is 8.19. The van der Waals surface area contributed by atoms with Crippen LogP contribution in [0.2, 0.25) is 0 Å². The Morgan fingerprint density at radius 1 is 0.824 bits per heavy atom. The summed E-state index contributed by atoms with van der Waals surface area (Å²) in [6.07, 6.45) is 0.490. The molecule has 1 aromatic rings. The summed E-state index contributed by atoms with van der Waals surface area (Å²) < 4.78 is -3.59. The number of aromatic nitrogens is 3. The van der Waals surface area contributed by atoms with E-state index in [4.69, 9.17) is 69.6 Å². The average molecular weight is 423 g/mol. The zero-order valence-electron chi connectivity index (χ0n) is 7.90. The number of halogens is 7. The summed E-state index contributed by atoms with van der Waals surface area (Å²) in [7, 11) is 0. The molecule has 0 N–H and O–H groups in total. The van der Waals surface area contributed by atoms with Crippen molar-refractivity contribution in [3.8, 4) is 0 Å². The highest BCUT2D eigenvalue weighted by molar-refractivity contribution is 9.09. The van der Waals surface area contributed by atoms with E-state index in [1.54, 1.807) is 0 Å². The predicted molar refractivity (Wildman–Crippen MR) is 75.8 cm³/mol. The lowest BCUT2D eigenvalue weighted by molar-refractivity contribution is 0.786. The zero-order valence-corrected chi connectivity index (χ0v) is 14.0. The summed E-state index contributed by atoms with van der Waals surface area (Å²) in [5, 5.41) is 0.621. The van der Waals surface area contributed by atoms with Gasteiger partial charge < -0.3 is 0 Å². The summed E-state index contributed by atoms with van der Waals surface area (Å²) in [5.74, 6) is 0.226. The molecular weight excluding hydrogens is 419 g/mol. The number of nitrogens with zero attached hydrogens (tertiary/aromatic N) is 3. The third kappa shape index (κ3) is 5.01. The summed E-state index contributed by atoms with van der Waals surface area (Å²) in [6.45, 7) is 0. The van der Waals surface area contributed by atoms with Gasteiger partial charge in [0.15, 0.2) is 11.6 Å². The maximum atomic E-state index is 5.69. The van der Waals surface area contributed by atoms with Crippen LogP contribution in [0.3, 0.4) is 0 Å². The highest BCUT2D eigenvalue weighted by atomic mass is 79.9. The van der Waals surface area contributed by atoms with E-state index in [2.05, 4.69) is 30.9 Å². The molecule has 0 fully saturated rings. The topological polar surface area (TPSA) is 38.7 Å². The van der Waals surface area contributed by atoms with Gasteiger partial charge in [0.25, 0.3) is 0 Å². The minimum Gasteiger partial charge on any atom is -0.213 e. The van der Waals surface area contributed by atoms with Gasteiger partial charge in [-0.3, -0.25) is 0 Å². The first-order chi connectivity index (χ1) is 7.64. The molecule has 0 spiro atoms. The number of hydrogen-bond acceptors (Lipinski definition) is 3. The van der Waals surface area contributed by atoms with Crippen molar-refractivity contribution in [2.45, 2.75) is 14.0 Å². The van der Waals surface area contributed by atoms with Gasteiger partial charge in [0.2, 0.25) is 7.59 Å². The fourth-order valence-corrected chi connectivity index (χ4v) is 1.73. The van der Waals surface area contributed by atoms with Gasteiger partial charge in [0, 0.05) is 11.8 Å². The lowest BCUT2D eigenvalue weighted by Crippen LogP contribution is -2.18. The van der Waals surface area contributed by atoms with Crippen molar-refractivity contribution in [1.82, 2.24) is 15.0 Å². The monoisotopic (exact) mass is 419 g/mol. The van der Waals surface area contributed by atoms with Gasteiger partial charge >= 0.3 is 0 Å². The molecule has 1 aromatic heterocycles. The van der Waals surface area contributed by atoms with Crippen molar-refractivity contribution in [3.63, 3.8) is 0 Å². The molecule has 96 valence electrons. The van der Waals surface area contributed by atoms with Crippen LogP contribution in [0.15, 0.2) is 0 Å². The molecule has 0 atom stereocenters. The van der Waals surface area contributed by atoms with E-state index >= 15 is 0 Å². The minimum absolute atomic E-state index is 0.0743. The van der Waals surface area contributed by atoms with Crippen molar-refractivity contribution in [1.29, 1.82) is 0 Å². The van der Waals surface area contributed by atoms with Crippen molar-refractivity contribution in [3.05, 3.63) is 17.5 Å². The number of alkyl halides is 7. The van der Waals surface area contributed by atoms with Crippen molar-refractivity contribution in [2.75, 3.05) is 5.33 Å². The van der Waals surface area contributed by atoms with E-state index in [0.29, 0.717) is 17.6 Å². The lowest BCUT2D eigenvalue weighted by Gasteiger charge is -2.15. The Hall–Kier alpha value is 1.23. The number of rotatable bonds is 2. The first-order valence-electron chi connectivity index (χ1n) is 4.10.